The van der Waals surface area contributed by atoms with Gasteiger partial charge >= 0.3 is 0 Å². The Bertz CT molecular complexity index is 488. The van der Waals surface area contributed by atoms with E-state index in [9.17, 15) is 8.42 Å². The van der Waals surface area contributed by atoms with Gasteiger partial charge in [0.05, 0.1) is 24.7 Å². The van der Waals surface area contributed by atoms with Crippen molar-refractivity contribution in [3.63, 3.8) is 0 Å². The lowest BCUT2D eigenvalue weighted by Crippen LogP contribution is -2.27. The number of hydrogen-bond acceptors (Lipinski definition) is 5. The minimum atomic E-state index is -3.48. The lowest BCUT2D eigenvalue weighted by Gasteiger charge is -2.08. The lowest BCUT2D eigenvalue weighted by molar-refractivity contribution is 0.0736. The Hall–Kier alpha value is -0.990. The Morgan fingerprint density at radius 1 is 1.14 bits per heavy atom. The SMILES string of the molecule is COCCOCCNS(=O)(=O)c1ccc(CCCN)cc1. The summed E-state index contributed by atoms with van der Waals surface area (Å²) in [6.07, 6.45) is 1.75. The molecule has 0 heterocycles. The van der Waals surface area contributed by atoms with Gasteiger partial charge in [-0.05, 0) is 37.1 Å². The molecule has 0 saturated carbocycles. The Morgan fingerprint density at radius 2 is 1.86 bits per heavy atom. The van der Waals surface area contributed by atoms with Crippen molar-refractivity contribution < 1.29 is 17.9 Å². The maximum atomic E-state index is 12.0. The van der Waals surface area contributed by atoms with Gasteiger partial charge in [-0.3, -0.25) is 0 Å². The Balaban J connectivity index is 2.42. The summed E-state index contributed by atoms with van der Waals surface area (Å²) in [6, 6.07) is 6.86. The molecule has 1 aromatic carbocycles. The highest BCUT2D eigenvalue weighted by molar-refractivity contribution is 7.89. The average Bonchev–Trinajstić information content (AvgIpc) is 2.49. The molecule has 120 valence electrons. The molecule has 1 rings (SSSR count). The first kappa shape index (κ1) is 18.1. The third kappa shape index (κ3) is 7.01. The number of ether oxygens (including phenoxy) is 2. The molecule has 0 aliphatic carbocycles. The molecule has 0 aromatic heterocycles. The van der Waals surface area contributed by atoms with E-state index in [-0.39, 0.29) is 11.4 Å². The summed E-state index contributed by atoms with van der Waals surface area (Å²) in [5.41, 5.74) is 6.53. The van der Waals surface area contributed by atoms with Crippen molar-refractivity contribution in [3.8, 4) is 0 Å². The molecule has 0 radical (unpaired) electrons. The van der Waals surface area contributed by atoms with Crippen molar-refractivity contribution in [1.29, 1.82) is 0 Å². The van der Waals surface area contributed by atoms with Gasteiger partial charge < -0.3 is 15.2 Å². The largest absolute Gasteiger partial charge is 0.382 e. The molecule has 0 aliphatic heterocycles. The molecular formula is C14H24N2O4S. The van der Waals surface area contributed by atoms with Crippen LogP contribution in [0.25, 0.3) is 0 Å². The van der Waals surface area contributed by atoms with Crippen LogP contribution in [0, 0.1) is 0 Å². The Labute approximate surface area is 126 Å². The molecule has 3 N–H and O–H groups in total. The maximum absolute atomic E-state index is 12.0. The molecule has 7 heteroatoms. The summed E-state index contributed by atoms with van der Waals surface area (Å²) in [6.45, 7) is 2.13. The van der Waals surface area contributed by atoms with Gasteiger partial charge in [0.15, 0.2) is 0 Å². The van der Waals surface area contributed by atoms with Crippen LogP contribution in [-0.4, -0.2) is 48.4 Å². The molecular weight excluding hydrogens is 292 g/mol. The van der Waals surface area contributed by atoms with E-state index >= 15 is 0 Å². The van der Waals surface area contributed by atoms with Gasteiger partial charge in [0.25, 0.3) is 0 Å². The van der Waals surface area contributed by atoms with E-state index < -0.39 is 10.0 Å². The van der Waals surface area contributed by atoms with Crippen LogP contribution in [0.5, 0.6) is 0 Å². The van der Waals surface area contributed by atoms with Crippen molar-refractivity contribution in [3.05, 3.63) is 29.8 Å². The number of nitrogens with one attached hydrogen (secondary N) is 1. The standard InChI is InChI=1S/C14H24N2O4S/c1-19-11-12-20-10-9-16-21(17,18)14-6-4-13(5-7-14)3-2-8-15/h4-7,16H,2-3,8-12,15H2,1H3. The van der Waals surface area contributed by atoms with Crippen LogP contribution in [0.3, 0.4) is 0 Å². The maximum Gasteiger partial charge on any atom is 0.240 e. The quantitative estimate of drug-likeness (QED) is 0.581. The highest BCUT2D eigenvalue weighted by atomic mass is 32.2. The van der Waals surface area contributed by atoms with Crippen molar-refractivity contribution in [2.45, 2.75) is 17.7 Å². The highest BCUT2D eigenvalue weighted by Gasteiger charge is 2.12. The Kier molecular flexibility index (Phi) is 8.48. The van der Waals surface area contributed by atoms with E-state index in [0.29, 0.717) is 26.4 Å². The van der Waals surface area contributed by atoms with Gasteiger partial charge in [-0.2, -0.15) is 0 Å². The van der Waals surface area contributed by atoms with Crippen LogP contribution >= 0.6 is 0 Å². The van der Waals surface area contributed by atoms with E-state index in [2.05, 4.69) is 4.72 Å². The second kappa shape index (κ2) is 9.86. The average molecular weight is 316 g/mol. The first-order valence-electron chi connectivity index (χ1n) is 6.95. The zero-order valence-corrected chi connectivity index (χ0v) is 13.2. The van der Waals surface area contributed by atoms with Gasteiger partial charge in [-0.15, -0.1) is 0 Å². The summed E-state index contributed by atoms with van der Waals surface area (Å²) in [5, 5.41) is 0. The van der Waals surface area contributed by atoms with Crippen molar-refractivity contribution >= 4 is 10.0 Å². The molecule has 1 aromatic rings. The van der Waals surface area contributed by atoms with Gasteiger partial charge in [-0.1, -0.05) is 12.1 Å². The molecule has 0 bridgehead atoms. The van der Waals surface area contributed by atoms with Crippen molar-refractivity contribution in [2.75, 3.05) is 40.0 Å². The van der Waals surface area contributed by atoms with Crippen LogP contribution in [0.4, 0.5) is 0 Å². The fraction of sp³-hybridized carbons (Fsp3) is 0.571. The minimum absolute atomic E-state index is 0.237. The monoisotopic (exact) mass is 316 g/mol. The second-order valence-electron chi connectivity index (χ2n) is 4.54. The number of benzene rings is 1. The second-order valence-corrected chi connectivity index (χ2v) is 6.31. The number of aryl methyl sites for hydroxylation is 1. The predicted octanol–water partition coefficient (Wildman–Crippen LogP) is 0.519. The normalized spacial score (nSPS) is 11.7. The van der Waals surface area contributed by atoms with Gasteiger partial charge in [0.2, 0.25) is 10.0 Å². The molecule has 0 aliphatic rings. The number of nitrogens with two attached hydrogens (primary N) is 1. The number of rotatable bonds is 11. The number of hydrogen-bond donors (Lipinski definition) is 2. The van der Waals surface area contributed by atoms with Crippen LogP contribution in [0.1, 0.15) is 12.0 Å². The summed E-state index contributed by atoms with van der Waals surface area (Å²) in [5.74, 6) is 0. The van der Waals surface area contributed by atoms with Crippen LogP contribution in [0.2, 0.25) is 0 Å². The predicted molar refractivity (Wildman–Crippen MR) is 81.7 cm³/mol. The van der Waals surface area contributed by atoms with Gasteiger partial charge in [0, 0.05) is 13.7 Å². The van der Waals surface area contributed by atoms with Gasteiger partial charge in [-0.25, -0.2) is 13.1 Å². The number of methoxy groups -OCH3 is 1. The molecule has 0 atom stereocenters. The molecule has 0 fully saturated rings. The summed E-state index contributed by atoms with van der Waals surface area (Å²) in [7, 11) is -1.89. The third-order valence-electron chi connectivity index (χ3n) is 2.87. The smallest absolute Gasteiger partial charge is 0.240 e. The van der Waals surface area contributed by atoms with E-state index in [1.54, 1.807) is 19.2 Å². The molecule has 0 amide bonds. The first-order chi connectivity index (χ1) is 10.1. The molecule has 21 heavy (non-hydrogen) atoms. The van der Waals surface area contributed by atoms with E-state index in [1.165, 1.54) is 0 Å². The van der Waals surface area contributed by atoms with Crippen LogP contribution in [0.15, 0.2) is 29.2 Å². The van der Waals surface area contributed by atoms with Crippen molar-refractivity contribution in [2.24, 2.45) is 5.73 Å². The topological polar surface area (TPSA) is 90.6 Å². The van der Waals surface area contributed by atoms with Crippen LogP contribution < -0.4 is 10.5 Å². The number of sulfonamides is 1. The highest BCUT2D eigenvalue weighted by Crippen LogP contribution is 2.11. The fourth-order valence-corrected chi connectivity index (χ4v) is 2.73. The molecule has 0 saturated heterocycles. The summed E-state index contributed by atoms with van der Waals surface area (Å²) < 4.78 is 36.6. The molecule has 0 unspecified atom stereocenters. The molecule has 6 nitrogen and oxygen atoms in total. The summed E-state index contributed by atoms with van der Waals surface area (Å²) in [4.78, 5) is 0.260. The minimum Gasteiger partial charge on any atom is -0.382 e. The van der Waals surface area contributed by atoms with E-state index in [4.69, 9.17) is 15.2 Å². The summed E-state index contributed by atoms with van der Waals surface area (Å²) >= 11 is 0. The van der Waals surface area contributed by atoms with Crippen molar-refractivity contribution in [1.82, 2.24) is 4.72 Å². The lowest BCUT2D eigenvalue weighted by atomic mass is 10.1. The zero-order chi connectivity index (χ0) is 15.6. The fourth-order valence-electron chi connectivity index (χ4n) is 1.72. The van der Waals surface area contributed by atoms with Gasteiger partial charge in [0.1, 0.15) is 0 Å². The van der Waals surface area contributed by atoms with E-state index in [0.717, 1.165) is 18.4 Å². The van der Waals surface area contributed by atoms with Crippen LogP contribution in [-0.2, 0) is 25.9 Å². The Morgan fingerprint density at radius 3 is 2.48 bits per heavy atom. The van der Waals surface area contributed by atoms with E-state index in [1.807, 2.05) is 12.1 Å². The third-order valence-corrected chi connectivity index (χ3v) is 4.35. The zero-order valence-electron chi connectivity index (χ0n) is 12.4. The molecule has 0 spiro atoms. The first-order valence-corrected chi connectivity index (χ1v) is 8.44.